The number of nitrogens with zero attached hydrogens (tertiary/aromatic N) is 2. The van der Waals surface area contributed by atoms with Gasteiger partial charge < -0.3 is 11.1 Å². The number of nitrogens with one attached hydrogen (secondary N) is 1. The van der Waals surface area contributed by atoms with E-state index in [-0.39, 0.29) is 5.91 Å². The summed E-state index contributed by atoms with van der Waals surface area (Å²) in [6.07, 6.45) is 5.45. The first-order valence-corrected chi connectivity index (χ1v) is 14.1. The number of anilines is 1. The molecule has 1 atom stereocenters. The van der Waals surface area contributed by atoms with Crippen molar-refractivity contribution in [1.82, 2.24) is 9.97 Å². The van der Waals surface area contributed by atoms with Gasteiger partial charge in [0.1, 0.15) is 21.2 Å². The molecule has 0 spiro atoms. The number of amides is 2. The van der Waals surface area contributed by atoms with Gasteiger partial charge in [0.15, 0.2) is 0 Å². The van der Waals surface area contributed by atoms with Crippen molar-refractivity contribution in [3.8, 4) is 11.1 Å². The fraction of sp³-hybridized carbons (Fsp3) is 0.308. The average molecular weight is 523 g/mol. The van der Waals surface area contributed by atoms with Crippen LogP contribution in [0.3, 0.4) is 0 Å². The summed E-state index contributed by atoms with van der Waals surface area (Å²) in [6.45, 7) is 6.06. The molecule has 0 bridgehead atoms. The molecule has 0 radical (unpaired) electrons. The molecule has 5 rings (SSSR count). The zero-order valence-electron chi connectivity index (χ0n) is 19.8. The van der Waals surface area contributed by atoms with Crippen LogP contribution in [0.15, 0.2) is 34.9 Å². The molecule has 2 amide bonds. The number of nitrogens with two attached hydrogens (primary N) is 1. The van der Waals surface area contributed by atoms with E-state index in [1.165, 1.54) is 34.2 Å². The topological polar surface area (TPSA) is 98.0 Å². The van der Waals surface area contributed by atoms with Crippen molar-refractivity contribution in [1.29, 1.82) is 0 Å². The van der Waals surface area contributed by atoms with Gasteiger partial charge in [0.25, 0.3) is 5.91 Å². The summed E-state index contributed by atoms with van der Waals surface area (Å²) < 4.78 is 0. The molecular formula is C26H26N4O2S3. The van der Waals surface area contributed by atoms with Gasteiger partial charge in [0.2, 0.25) is 5.91 Å². The van der Waals surface area contributed by atoms with E-state index in [9.17, 15) is 9.59 Å². The minimum atomic E-state index is -0.478. The van der Waals surface area contributed by atoms with E-state index in [0.29, 0.717) is 10.6 Å². The third-order valence-electron chi connectivity index (χ3n) is 6.47. The summed E-state index contributed by atoms with van der Waals surface area (Å²) in [5.41, 5.74) is 11.9. The first-order valence-electron chi connectivity index (χ1n) is 11.5. The highest BCUT2D eigenvalue weighted by atomic mass is 32.2. The highest BCUT2D eigenvalue weighted by Crippen LogP contribution is 2.41. The molecule has 0 fully saturated rings. The van der Waals surface area contributed by atoms with Crippen molar-refractivity contribution in [3.05, 3.63) is 57.0 Å². The molecule has 9 heteroatoms. The number of primary amides is 1. The van der Waals surface area contributed by atoms with Crippen molar-refractivity contribution in [2.75, 3.05) is 5.32 Å². The summed E-state index contributed by atoms with van der Waals surface area (Å²) >= 11 is 4.46. The van der Waals surface area contributed by atoms with E-state index >= 15 is 0 Å². The summed E-state index contributed by atoms with van der Waals surface area (Å²) in [6, 6.07) is 6.42. The Hall–Kier alpha value is -2.75. The van der Waals surface area contributed by atoms with Crippen LogP contribution in [0, 0.1) is 13.8 Å². The van der Waals surface area contributed by atoms with Gasteiger partial charge >= 0.3 is 0 Å². The van der Waals surface area contributed by atoms with Crippen LogP contribution >= 0.6 is 34.4 Å². The predicted octanol–water partition coefficient (Wildman–Crippen LogP) is 6.13. The van der Waals surface area contributed by atoms with E-state index in [1.54, 1.807) is 17.7 Å². The third-order valence-corrected chi connectivity index (χ3v) is 9.66. The molecule has 1 aliphatic carbocycles. The first kappa shape index (κ1) is 24.0. The van der Waals surface area contributed by atoms with Gasteiger partial charge in [0.05, 0.1) is 16.2 Å². The number of carbonyl (C=O) groups is 2. The summed E-state index contributed by atoms with van der Waals surface area (Å²) in [4.78, 5) is 36.4. The third kappa shape index (κ3) is 4.60. The van der Waals surface area contributed by atoms with Crippen LogP contribution in [-0.2, 0) is 17.6 Å². The zero-order chi connectivity index (χ0) is 24.7. The van der Waals surface area contributed by atoms with Gasteiger partial charge in [0, 0.05) is 15.8 Å². The number of benzene rings is 1. The summed E-state index contributed by atoms with van der Waals surface area (Å²) in [7, 11) is 0. The Kier molecular flexibility index (Phi) is 6.65. The molecule has 6 nitrogen and oxygen atoms in total. The SMILES string of the molecule is Cc1ccc(-c2csc3ncnc(SC(C)C(=O)Nc4sc5c(c4C(N)=O)CCCC5)c23)cc1C. The van der Waals surface area contributed by atoms with E-state index < -0.39 is 11.2 Å². The van der Waals surface area contributed by atoms with Crippen molar-refractivity contribution in [2.45, 2.75) is 56.7 Å². The molecule has 3 aromatic heterocycles. The maximum atomic E-state index is 13.2. The van der Waals surface area contributed by atoms with Crippen LogP contribution in [0.2, 0.25) is 0 Å². The molecular weight excluding hydrogens is 497 g/mol. The predicted molar refractivity (Wildman–Crippen MR) is 146 cm³/mol. The molecule has 35 heavy (non-hydrogen) atoms. The van der Waals surface area contributed by atoms with Crippen LogP contribution in [-0.4, -0.2) is 27.0 Å². The van der Waals surface area contributed by atoms with Crippen LogP contribution < -0.4 is 11.1 Å². The molecule has 3 heterocycles. The molecule has 1 aliphatic rings. The Morgan fingerprint density at radius 3 is 2.71 bits per heavy atom. The minimum absolute atomic E-state index is 0.175. The number of rotatable bonds is 6. The number of fused-ring (bicyclic) bond motifs is 2. The fourth-order valence-electron chi connectivity index (χ4n) is 4.41. The van der Waals surface area contributed by atoms with Gasteiger partial charge in [-0.3, -0.25) is 9.59 Å². The lowest BCUT2D eigenvalue weighted by atomic mass is 9.95. The Bertz CT molecular complexity index is 1460. The Morgan fingerprint density at radius 1 is 1.14 bits per heavy atom. The molecule has 180 valence electrons. The molecule has 1 aromatic carbocycles. The van der Waals surface area contributed by atoms with Crippen molar-refractivity contribution in [2.24, 2.45) is 5.73 Å². The fourth-order valence-corrected chi connectivity index (χ4v) is 7.62. The lowest BCUT2D eigenvalue weighted by Gasteiger charge is -2.13. The lowest BCUT2D eigenvalue weighted by Crippen LogP contribution is -2.24. The second kappa shape index (κ2) is 9.72. The van der Waals surface area contributed by atoms with E-state index in [2.05, 4.69) is 52.7 Å². The largest absolute Gasteiger partial charge is 0.365 e. The van der Waals surface area contributed by atoms with Crippen molar-refractivity contribution < 1.29 is 9.59 Å². The van der Waals surface area contributed by atoms with E-state index in [4.69, 9.17) is 5.73 Å². The maximum Gasteiger partial charge on any atom is 0.251 e. The van der Waals surface area contributed by atoms with E-state index in [1.807, 2.05) is 6.92 Å². The molecule has 0 saturated heterocycles. The second-order valence-corrected chi connectivity index (χ2v) is 12.1. The smallest absolute Gasteiger partial charge is 0.251 e. The Balaban J connectivity index is 1.42. The normalized spacial score (nSPS) is 14.0. The lowest BCUT2D eigenvalue weighted by molar-refractivity contribution is -0.115. The monoisotopic (exact) mass is 522 g/mol. The van der Waals surface area contributed by atoms with Crippen molar-refractivity contribution in [3.63, 3.8) is 0 Å². The number of thioether (sulfide) groups is 1. The van der Waals surface area contributed by atoms with Gasteiger partial charge in [-0.15, -0.1) is 22.7 Å². The Morgan fingerprint density at radius 2 is 1.94 bits per heavy atom. The highest BCUT2D eigenvalue weighted by Gasteiger charge is 2.27. The number of carbonyl (C=O) groups excluding carboxylic acids is 2. The first-order chi connectivity index (χ1) is 16.8. The molecule has 3 N–H and O–H groups in total. The van der Waals surface area contributed by atoms with Crippen molar-refractivity contribution >= 4 is 61.5 Å². The maximum absolute atomic E-state index is 13.2. The number of hydrogen-bond acceptors (Lipinski definition) is 7. The number of hydrogen-bond donors (Lipinski definition) is 2. The second-order valence-electron chi connectivity index (χ2n) is 8.84. The highest BCUT2D eigenvalue weighted by molar-refractivity contribution is 8.00. The summed E-state index contributed by atoms with van der Waals surface area (Å²) in [5.74, 6) is -0.653. The minimum Gasteiger partial charge on any atom is -0.365 e. The van der Waals surface area contributed by atoms with Gasteiger partial charge in [-0.05, 0) is 68.7 Å². The number of aryl methyl sites for hydroxylation is 3. The zero-order valence-corrected chi connectivity index (χ0v) is 22.3. The Labute approximate surface area is 216 Å². The quantitative estimate of drug-likeness (QED) is 0.234. The van der Waals surface area contributed by atoms with Gasteiger partial charge in [-0.25, -0.2) is 9.97 Å². The molecule has 4 aromatic rings. The molecule has 1 unspecified atom stereocenters. The molecule has 0 saturated carbocycles. The number of thiophene rings is 2. The molecule has 0 aliphatic heterocycles. The van der Waals surface area contributed by atoms with Gasteiger partial charge in [-0.2, -0.15) is 0 Å². The van der Waals surface area contributed by atoms with E-state index in [0.717, 1.165) is 62.5 Å². The van der Waals surface area contributed by atoms with Crippen LogP contribution in [0.25, 0.3) is 21.3 Å². The average Bonchev–Trinajstić information content (AvgIpc) is 3.42. The number of aromatic nitrogens is 2. The van der Waals surface area contributed by atoms with Crippen LogP contribution in [0.5, 0.6) is 0 Å². The standard InChI is InChI=1S/C26H26N4O2S3/c1-13-8-9-16(10-14(13)2)18-11-33-24-21(18)25(29-12-28-24)34-15(3)23(32)30-26-20(22(27)31)17-6-4-5-7-19(17)35-26/h8-12,15H,4-7H2,1-3H3,(H2,27,31)(H,30,32). The van der Waals surface area contributed by atoms with Crippen LogP contribution in [0.1, 0.15) is 51.7 Å². The summed E-state index contributed by atoms with van der Waals surface area (Å²) in [5, 5.41) is 6.97. The van der Waals surface area contributed by atoms with Crippen LogP contribution in [0.4, 0.5) is 5.00 Å². The van der Waals surface area contributed by atoms with Gasteiger partial charge in [-0.1, -0.05) is 30.0 Å².